The normalized spacial score (nSPS) is 19.6. The predicted molar refractivity (Wildman–Crippen MR) is 76.9 cm³/mol. The summed E-state index contributed by atoms with van der Waals surface area (Å²) in [6.07, 6.45) is 3.83. The molecule has 4 nitrogen and oxygen atoms in total. The van der Waals surface area contributed by atoms with Crippen LogP contribution in [0.2, 0.25) is 0 Å². The Bertz CT molecular complexity index is 427. The quantitative estimate of drug-likeness (QED) is 0.841. The van der Waals surface area contributed by atoms with E-state index in [2.05, 4.69) is 17.3 Å². The zero-order chi connectivity index (χ0) is 13.7. The fourth-order valence-electron chi connectivity index (χ4n) is 2.71. The molecule has 1 atom stereocenters. The summed E-state index contributed by atoms with van der Waals surface area (Å²) in [4.78, 5) is 13.6. The van der Waals surface area contributed by atoms with Gasteiger partial charge in [0.05, 0.1) is 0 Å². The van der Waals surface area contributed by atoms with E-state index < -0.39 is 0 Å². The van der Waals surface area contributed by atoms with Gasteiger partial charge in [-0.2, -0.15) is 0 Å². The first-order valence-corrected chi connectivity index (χ1v) is 6.96. The van der Waals surface area contributed by atoms with Crippen LogP contribution >= 0.6 is 0 Å². The highest BCUT2D eigenvalue weighted by molar-refractivity contribution is 5.94. The van der Waals surface area contributed by atoms with E-state index in [1.807, 2.05) is 18.2 Å². The van der Waals surface area contributed by atoms with Crippen molar-refractivity contribution in [1.29, 1.82) is 0 Å². The Morgan fingerprint density at radius 1 is 1.42 bits per heavy atom. The molecule has 1 amide bonds. The highest BCUT2D eigenvalue weighted by Gasteiger charge is 2.16. The van der Waals surface area contributed by atoms with Crippen LogP contribution in [0.25, 0.3) is 0 Å². The molecule has 0 aliphatic carbocycles. The first kappa shape index (κ1) is 14.0. The fourth-order valence-corrected chi connectivity index (χ4v) is 2.71. The monoisotopic (exact) mass is 261 g/mol. The number of nitrogens with two attached hydrogens (primary N) is 1. The third kappa shape index (κ3) is 4.04. The molecule has 1 aromatic rings. The average Bonchev–Trinajstić information content (AvgIpc) is 2.40. The molecular formula is C15H23N3O. The molecule has 0 bridgehead atoms. The van der Waals surface area contributed by atoms with Gasteiger partial charge in [-0.05, 0) is 38.1 Å². The number of carbonyl (C=O) groups excluding carboxylic acids is 1. The molecule has 0 aromatic heterocycles. The molecule has 1 aliphatic rings. The van der Waals surface area contributed by atoms with E-state index in [9.17, 15) is 4.79 Å². The lowest BCUT2D eigenvalue weighted by atomic mass is 10.0. The standard InChI is InChI=1S/C15H23N3O/c1-18(11-13-7-4-5-9-17-13)10-12-6-2-3-8-14(12)15(16)19/h2-3,6,8,13,17H,4-5,7,9-11H2,1H3,(H2,16,19). The van der Waals surface area contributed by atoms with E-state index in [1.54, 1.807) is 6.07 Å². The third-order valence-corrected chi connectivity index (χ3v) is 3.67. The van der Waals surface area contributed by atoms with Crippen molar-refractivity contribution in [3.05, 3.63) is 35.4 Å². The number of nitrogens with zero attached hydrogens (tertiary/aromatic N) is 1. The van der Waals surface area contributed by atoms with E-state index in [0.717, 1.165) is 25.2 Å². The highest BCUT2D eigenvalue weighted by Crippen LogP contribution is 2.13. The number of likely N-dealkylation sites (N-methyl/N-ethyl adjacent to an activating group) is 1. The second-order valence-corrected chi connectivity index (χ2v) is 5.36. The van der Waals surface area contributed by atoms with Crippen LogP contribution < -0.4 is 11.1 Å². The summed E-state index contributed by atoms with van der Waals surface area (Å²) in [5.41, 5.74) is 7.04. The van der Waals surface area contributed by atoms with Gasteiger partial charge < -0.3 is 16.0 Å². The van der Waals surface area contributed by atoms with Crippen molar-refractivity contribution in [3.8, 4) is 0 Å². The molecule has 4 heteroatoms. The van der Waals surface area contributed by atoms with E-state index in [0.29, 0.717) is 11.6 Å². The Morgan fingerprint density at radius 2 is 2.21 bits per heavy atom. The number of rotatable bonds is 5. The molecule has 104 valence electrons. The Kier molecular flexibility index (Phi) is 4.93. The number of primary amides is 1. The summed E-state index contributed by atoms with van der Waals surface area (Å²) in [7, 11) is 2.09. The molecule has 0 saturated carbocycles. The number of benzene rings is 1. The molecule has 0 radical (unpaired) electrons. The van der Waals surface area contributed by atoms with Crippen molar-refractivity contribution in [2.24, 2.45) is 5.73 Å². The van der Waals surface area contributed by atoms with Crippen LogP contribution in [-0.2, 0) is 6.54 Å². The smallest absolute Gasteiger partial charge is 0.249 e. The molecule has 1 aromatic carbocycles. The number of hydrogen-bond donors (Lipinski definition) is 2. The zero-order valence-corrected chi connectivity index (χ0v) is 11.6. The van der Waals surface area contributed by atoms with Crippen LogP contribution in [0.1, 0.15) is 35.2 Å². The van der Waals surface area contributed by atoms with Crippen LogP contribution in [0.3, 0.4) is 0 Å². The van der Waals surface area contributed by atoms with Crippen LogP contribution in [0.15, 0.2) is 24.3 Å². The Morgan fingerprint density at radius 3 is 2.89 bits per heavy atom. The maximum absolute atomic E-state index is 11.4. The average molecular weight is 261 g/mol. The van der Waals surface area contributed by atoms with E-state index in [-0.39, 0.29) is 5.91 Å². The Hall–Kier alpha value is -1.39. The minimum Gasteiger partial charge on any atom is -0.366 e. The van der Waals surface area contributed by atoms with Gasteiger partial charge in [-0.25, -0.2) is 0 Å². The Balaban J connectivity index is 1.94. The molecule has 1 unspecified atom stereocenters. The summed E-state index contributed by atoms with van der Waals surface area (Å²) < 4.78 is 0. The van der Waals surface area contributed by atoms with Crippen LogP contribution in [0.4, 0.5) is 0 Å². The van der Waals surface area contributed by atoms with Crippen molar-refractivity contribution in [3.63, 3.8) is 0 Å². The van der Waals surface area contributed by atoms with Crippen molar-refractivity contribution in [2.45, 2.75) is 31.8 Å². The van der Waals surface area contributed by atoms with Gasteiger partial charge in [0.25, 0.3) is 0 Å². The first-order chi connectivity index (χ1) is 9.16. The van der Waals surface area contributed by atoms with E-state index >= 15 is 0 Å². The van der Waals surface area contributed by atoms with E-state index in [4.69, 9.17) is 5.73 Å². The Labute approximate surface area is 115 Å². The summed E-state index contributed by atoms with van der Waals surface area (Å²) in [5.74, 6) is -0.347. The summed E-state index contributed by atoms with van der Waals surface area (Å²) in [6, 6.07) is 8.15. The molecule has 1 saturated heterocycles. The minimum atomic E-state index is -0.347. The largest absolute Gasteiger partial charge is 0.366 e. The molecule has 19 heavy (non-hydrogen) atoms. The second kappa shape index (κ2) is 6.68. The lowest BCUT2D eigenvalue weighted by Crippen LogP contribution is -2.42. The highest BCUT2D eigenvalue weighted by atomic mass is 16.1. The van der Waals surface area contributed by atoms with Crippen molar-refractivity contribution in [2.75, 3.05) is 20.1 Å². The van der Waals surface area contributed by atoms with Crippen LogP contribution in [0.5, 0.6) is 0 Å². The molecule has 1 fully saturated rings. The molecule has 1 aliphatic heterocycles. The fraction of sp³-hybridized carbons (Fsp3) is 0.533. The van der Waals surface area contributed by atoms with Gasteiger partial charge in [0.1, 0.15) is 0 Å². The molecule has 2 rings (SSSR count). The van der Waals surface area contributed by atoms with Gasteiger partial charge in [0.2, 0.25) is 5.91 Å². The second-order valence-electron chi connectivity index (χ2n) is 5.36. The number of piperidine rings is 1. The van der Waals surface area contributed by atoms with Gasteiger partial charge in [0, 0.05) is 24.7 Å². The van der Waals surface area contributed by atoms with E-state index in [1.165, 1.54) is 19.3 Å². The number of nitrogens with one attached hydrogen (secondary N) is 1. The third-order valence-electron chi connectivity index (χ3n) is 3.67. The number of amides is 1. The lowest BCUT2D eigenvalue weighted by molar-refractivity contribution is 0.0998. The summed E-state index contributed by atoms with van der Waals surface area (Å²) >= 11 is 0. The number of carbonyl (C=O) groups is 1. The molecule has 3 N–H and O–H groups in total. The predicted octanol–water partition coefficient (Wildman–Crippen LogP) is 1.36. The molecule has 0 spiro atoms. The summed E-state index contributed by atoms with van der Waals surface area (Å²) in [6.45, 7) is 2.89. The summed E-state index contributed by atoms with van der Waals surface area (Å²) in [5, 5.41) is 3.54. The van der Waals surface area contributed by atoms with Gasteiger partial charge >= 0.3 is 0 Å². The van der Waals surface area contributed by atoms with Gasteiger partial charge in [-0.3, -0.25) is 4.79 Å². The van der Waals surface area contributed by atoms with Gasteiger partial charge in [0.15, 0.2) is 0 Å². The van der Waals surface area contributed by atoms with Gasteiger partial charge in [-0.15, -0.1) is 0 Å². The zero-order valence-electron chi connectivity index (χ0n) is 11.6. The molecular weight excluding hydrogens is 238 g/mol. The maximum Gasteiger partial charge on any atom is 0.249 e. The minimum absolute atomic E-state index is 0.347. The van der Waals surface area contributed by atoms with Crippen molar-refractivity contribution < 1.29 is 4.79 Å². The van der Waals surface area contributed by atoms with Crippen LogP contribution in [0, 0.1) is 0 Å². The molecule has 1 heterocycles. The van der Waals surface area contributed by atoms with Crippen molar-refractivity contribution >= 4 is 5.91 Å². The SMILES string of the molecule is CN(Cc1ccccc1C(N)=O)CC1CCCCN1. The number of hydrogen-bond acceptors (Lipinski definition) is 3. The van der Waals surface area contributed by atoms with Crippen LogP contribution in [-0.4, -0.2) is 37.0 Å². The topological polar surface area (TPSA) is 58.4 Å². The first-order valence-electron chi connectivity index (χ1n) is 6.96. The maximum atomic E-state index is 11.4. The van der Waals surface area contributed by atoms with Crippen molar-refractivity contribution in [1.82, 2.24) is 10.2 Å². The lowest BCUT2D eigenvalue weighted by Gasteiger charge is -2.28. The van der Waals surface area contributed by atoms with Gasteiger partial charge in [-0.1, -0.05) is 24.6 Å².